The highest BCUT2D eigenvalue weighted by Gasteiger charge is 2.30. The zero-order valence-electron chi connectivity index (χ0n) is 20.6. The summed E-state index contributed by atoms with van der Waals surface area (Å²) < 4.78 is 33.0. The van der Waals surface area contributed by atoms with Crippen molar-refractivity contribution in [2.24, 2.45) is 0 Å². The third-order valence-corrected chi connectivity index (χ3v) is 6.65. The Bertz CT molecular complexity index is 1230. The topological polar surface area (TPSA) is 34.1 Å². The maximum Gasteiger partial charge on any atom is 0.285 e. The molecule has 3 rings (SSSR count). The molecule has 0 radical (unpaired) electrons. The number of pyridine rings is 1. The van der Waals surface area contributed by atoms with Crippen LogP contribution in [0.5, 0.6) is 5.88 Å². The first-order valence-electron chi connectivity index (χ1n) is 11.5. The van der Waals surface area contributed by atoms with Gasteiger partial charge in [-0.05, 0) is 68.7 Å². The van der Waals surface area contributed by atoms with Crippen molar-refractivity contribution in [3.8, 4) is 18.2 Å². The molecule has 2 aromatic carbocycles. The zero-order chi connectivity index (χ0) is 26.5. The van der Waals surface area contributed by atoms with Crippen molar-refractivity contribution in [3.63, 3.8) is 0 Å². The zero-order valence-corrected chi connectivity index (χ0v) is 22.5. The summed E-state index contributed by atoms with van der Waals surface area (Å²) in [5.74, 6) is 3.00. The van der Waals surface area contributed by atoms with E-state index in [1.54, 1.807) is 0 Å². The number of hydrogen-bond acceptors (Lipinski definition) is 3. The predicted molar refractivity (Wildman–Crippen MR) is 147 cm³/mol. The van der Waals surface area contributed by atoms with E-state index >= 15 is 0 Å². The molecule has 188 valence electrons. The summed E-state index contributed by atoms with van der Waals surface area (Å²) in [5.41, 5.74) is -0.430. The van der Waals surface area contributed by atoms with Crippen LogP contribution >= 0.6 is 20.8 Å². The van der Waals surface area contributed by atoms with E-state index in [4.69, 9.17) is 22.8 Å². The van der Waals surface area contributed by atoms with Crippen LogP contribution in [-0.2, 0) is 12.1 Å². The number of benzene rings is 2. The van der Waals surface area contributed by atoms with Gasteiger partial charge in [0.2, 0.25) is 5.88 Å². The Balaban J connectivity index is 1.79. The Morgan fingerprint density at radius 3 is 2.47 bits per heavy atom. The van der Waals surface area contributed by atoms with Crippen LogP contribution < -0.4 is 10.1 Å². The van der Waals surface area contributed by atoms with Gasteiger partial charge in [-0.1, -0.05) is 57.6 Å². The fourth-order valence-electron chi connectivity index (χ4n) is 3.83. The fourth-order valence-corrected chi connectivity index (χ4v) is 4.12. The SMILES string of the molecule is C#Cc1cccc(C(Cc2ccc(Cl)cc2)C(C)NC(=C)C(C)(C)Oc2ccc(C(F)(F)P)cn2)c1. The summed E-state index contributed by atoms with van der Waals surface area (Å²) in [6.45, 7) is 9.99. The Hall–Kier alpha value is -2.93. The molecular formula is C29H30ClF2N2OP. The number of halogens is 3. The molecular weight excluding hydrogens is 497 g/mol. The van der Waals surface area contributed by atoms with Crippen molar-refractivity contribution in [3.05, 3.63) is 106 Å². The van der Waals surface area contributed by atoms with Crippen LogP contribution in [0, 0.1) is 12.3 Å². The van der Waals surface area contributed by atoms with E-state index < -0.39 is 11.3 Å². The van der Waals surface area contributed by atoms with Gasteiger partial charge in [-0.15, -0.1) is 6.42 Å². The van der Waals surface area contributed by atoms with Crippen LogP contribution in [0.1, 0.15) is 48.9 Å². The number of ether oxygens (including phenoxy) is 1. The van der Waals surface area contributed by atoms with Crippen molar-refractivity contribution in [2.45, 2.75) is 50.4 Å². The van der Waals surface area contributed by atoms with Gasteiger partial charge in [0.25, 0.3) is 5.66 Å². The number of hydrogen-bond donors (Lipinski definition) is 1. The molecule has 0 saturated carbocycles. The number of alkyl halides is 2. The molecule has 3 aromatic rings. The number of rotatable bonds is 10. The van der Waals surface area contributed by atoms with E-state index in [0.717, 1.165) is 29.3 Å². The number of nitrogens with zero attached hydrogens (tertiary/aromatic N) is 1. The average Bonchev–Trinajstić information content (AvgIpc) is 2.83. The molecule has 0 saturated heterocycles. The van der Waals surface area contributed by atoms with Crippen LogP contribution in [0.4, 0.5) is 8.78 Å². The maximum absolute atomic E-state index is 13.5. The summed E-state index contributed by atoms with van der Waals surface area (Å²) in [4.78, 5) is 4.04. The van der Waals surface area contributed by atoms with Crippen LogP contribution in [0.25, 0.3) is 0 Å². The van der Waals surface area contributed by atoms with Gasteiger partial charge in [-0.3, -0.25) is 0 Å². The van der Waals surface area contributed by atoms with Gasteiger partial charge in [-0.25, -0.2) is 4.98 Å². The molecule has 7 heteroatoms. The number of nitrogens with one attached hydrogen (secondary N) is 1. The minimum Gasteiger partial charge on any atom is -0.465 e. The smallest absolute Gasteiger partial charge is 0.285 e. The molecule has 36 heavy (non-hydrogen) atoms. The Morgan fingerprint density at radius 2 is 1.89 bits per heavy atom. The Kier molecular flexibility index (Phi) is 8.77. The van der Waals surface area contributed by atoms with E-state index in [2.05, 4.69) is 35.8 Å². The molecule has 0 aliphatic heterocycles. The fraction of sp³-hybridized carbons (Fsp3) is 0.276. The van der Waals surface area contributed by atoms with Gasteiger partial charge in [0.1, 0.15) is 5.60 Å². The molecule has 0 spiro atoms. The number of terminal acetylenes is 1. The van der Waals surface area contributed by atoms with Crippen molar-refractivity contribution < 1.29 is 13.5 Å². The molecule has 3 atom stereocenters. The highest BCUT2D eigenvalue weighted by atomic mass is 35.5. The highest BCUT2D eigenvalue weighted by molar-refractivity contribution is 7.17. The average molecular weight is 527 g/mol. The van der Waals surface area contributed by atoms with Gasteiger partial charge in [-0.2, -0.15) is 8.78 Å². The second kappa shape index (κ2) is 11.4. The molecule has 0 aliphatic carbocycles. The first kappa shape index (κ1) is 27.7. The summed E-state index contributed by atoms with van der Waals surface area (Å²) in [5, 5.41) is 4.18. The molecule has 3 nitrogen and oxygen atoms in total. The van der Waals surface area contributed by atoms with Gasteiger partial charge >= 0.3 is 0 Å². The van der Waals surface area contributed by atoms with E-state index in [0.29, 0.717) is 10.7 Å². The lowest BCUT2D eigenvalue weighted by Crippen LogP contribution is -2.43. The second-order valence-corrected chi connectivity index (χ2v) is 10.4. The quantitative estimate of drug-likeness (QED) is 0.222. The van der Waals surface area contributed by atoms with Crippen LogP contribution in [0.15, 0.2) is 79.1 Å². The minimum absolute atomic E-state index is 0.0461. The van der Waals surface area contributed by atoms with E-state index in [9.17, 15) is 8.78 Å². The monoisotopic (exact) mass is 526 g/mol. The van der Waals surface area contributed by atoms with Crippen molar-refractivity contribution >= 4 is 20.8 Å². The standard InChI is InChI=1S/C29H30ClF2N2OP/c1-6-21-8-7-9-23(16-21)26(17-22-10-13-25(30)14-11-22)19(2)34-20(3)28(4,5)35-27-15-12-24(18-33-27)29(31,32)36/h1,7-16,18-19,26,34H,3,17,36H2,2,4-5H3. The van der Waals surface area contributed by atoms with Crippen molar-refractivity contribution in [1.29, 1.82) is 0 Å². The maximum atomic E-state index is 13.5. The third-order valence-electron chi connectivity index (χ3n) is 6.06. The van der Waals surface area contributed by atoms with Gasteiger partial charge in [0.05, 0.1) is 0 Å². The van der Waals surface area contributed by atoms with Crippen molar-refractivity contribution in [1.82, 2.24) is 10.3 Å². The molecule has 3 unspecified atom stereocenters. The van der Waals surface area contributed by atoms with E-state index in [1.165, 1.54) is 21.4 Å². The highest BCUT2D eigenvalue weighted by Crippen LogP contribution is 2.35. The minimum atomic E-state index is -3.04. The number of aromatic nitrogens is 1. The molecule has 1 heterocycles. The largest absolute Gasteiger partial charge is 0.465 e. The molecule has 0 fully saturated rings. The lowest BCUT2D eigenvalue weighted by Gasteiger charge is -2.34. The Morgan fingerprint density at radius 1 is 1.19 bits per heavy atom. The van der Waals surface area contributed by atoms with Crippen molar-refractivity contribution in [2.75, 3.05) is 0 Å². The Labute approximate surface area is 219 Å². The normalized spacial score (nSPS) is 13.4. The molecule has 1 aromatic heterocycles. The molecule has 0 aliphatic rings. The first-order chi connectivity index (χ1) is 16.9. The molecule has 0 amide bonds. The lowest BCUT2D eigenvalue weighted by molar-refractivity contribution is 0.102. The summed E-state index contributed by atoms with van der Waals surface area (Å²) in [7, 11) is 1.50. The second-order valence-electron chi connectivity index (χ2n) is 9.24. The lowest BCUT2D eigenvalue weighted by atomic mass is 9.85. The van der Waals surface area contributed by atoms with Gasteiger partial charge < -0.3 is 10.1 Å². The third kappa shape index (κ3) is 7.29. The van der Waals surface area contributed by atoms with Gasteiger partial charge in [0.15, 0.2) is 0 Å². The van der Waals surface area contributed by atoms with Gasteiger partial charge in [0, 0.05) is 46.1 Å². The molecule has 0 bridgehead atoms. The summed E-state index contributed by atoms with van der Waals surface area (Å²) in [6, 6.07) is 18.4. The van der Waals surface area contributed by atoms with E-state index in [-0.39, 0.29) is 23.4 Å². The van der Waals surface area contributed by atoms with E-state index in [1.807, 2.05) is 56.3 Å². The van der Waals surface area contributed by atoms with Crippen LogP contribution in [0.3, 0.4) is 0 Å². The predicted octanol–water partition coefficient (Wildman–Crippen LogP) is 7.32. The first-order valence-corrected chi connectivity index (χ1v) is 12.4. The van der Waals surface area contributed by atoms with Crippen LogP contribution in [0.2, 0.25) is 5.02 Å². The molecule has 1 N–H and O–H groups in total. The summed E-state index contributed by atoms with van der Waals surface area (Å²) >= 11 is 6.08. The van der Waals surface area contributed by atoms with Crippen LogP contribution in [-0.4, -0.2) is 16.6 Å². The summed E-state index contributed by atoms with van der Waals surface area (Å²) in [6.07, 6.45) is 7.51.